The van der Waals surface area contributed by atoms with Gasteiger partial charge in [0.1, 0.15) is 11.6 Å². The number of hydrogen-bond donors (Lipinski definition) is 1. The number of rotatable bonds is 7. The molecular formula is C14H20FNO3. The van der Waals surface area contributed by atoms with E-state index in [1.165, 1.54) is 17.0 Å². The summed E-state index contributed by atoms with van der Waals surface area (Å²) in [4.78, 5) is 13.2. The lowest BCUT2D eigenvalue weighted by molar-refractivity contribution is -0.132. The number of likely N-dealkylation sites (N-methyl/N-ethyl adjacent to an activating group) is 1. The molecule has 0 radical (unpaired) electrons. The van der Waals surface area contributed by atoms with Gasteiger partial charge in [-0.15, -0.1) is 0 Å². The van der Waals surface area contributed by atoms with E-state index in [2.05, 4.69) is 0 Å². The predicted octanol–water partition coefficient (Wildman–Crippen LogP) is 1.82. The lowest BCUT2D eigenvalue weighted by Gasteiger charge is -2.23. The SMILES string of the molecule is CC(CO)N(C)C(=O)CCCOc1ccc(F)cc1. The molecule has 0 heterocycles. The molecule has 1 aromatic rings. The van der Waals surface area contributed by atoms with Crippen LogP contribution in [0.2, 0.25) is 0 Å². The van der Waals surface area contributed by atoms with Crippen molar-refractivity contribution in [3.05, 3.63) is 30.1 Å². The van der Waals surface area contributed by atoms with Crippen molar-refractivity contribution in [2.45, 2.75) is 25.8 Å². The van der Waals surface area contributed by atoms with Gasteiger partial charge in [-0.3, -0.25) is 4.79 Å². The molecule has 4 nitrogen and oxygen atoms in total. The zero-order valence-electron chi connectivity index (χ0n) is 11.3. The summed E-state index contributed by atoms with van der Waals surface area (Å²) in [5.74, 6) is 0.261. The quantitative estimate of drug-likeness (QED) is 0.768. The first kappa shape index (κ1) is 15.4. The van der Waals surface area contributed by atoms with Crippen molar-refractivity contribution in [2.24, 2.45) is 0 Å². The fraction of sp³-hybridized carbons (Fsp3) is 0.500. The van der Waals surface area contributed by atoms with Gasteiger partial charge in [-0.1, -0.05) is 0 Å². The number of nitrogens with zero attached hydrogens (tertiary/aromatic N) is 1. The van der Waals surface area contributed by atoms with Crippen LogP contribution in [0.1, 0.15) is 19.8 Å². The van der Waals surface area contributed by atoms with E-state index >= 15 is 0 Å². The molecular weight excluding hydrogens is 249 g/mol. The van der Waals surface area contributed by atoms with Crippen molar-refractivity contribution in [2.75, 3.05) is 20.3 Å². The molecule has 5 heteroatoms. The normalized spacial score (nSPS) is 12.0. The lowest BCUT2D eigenvalue weighted by atomic mass is 10.2. The zero-order chi connectivity index (χ0) is 14.3. The molecule has 0 aromatic heterocycles. The topological polar surface area (TPSA) is 49.8 Å². The molecule has 0 saturated heterocycles. The van der Waals surface area contributed by atoms with E-state index in [1.54, 1.807) is 26.1 Å². The Morgan fingerprint density at radius 3 is 2.63 bits per heavy atom. The monoisotopic (exact) mass is 269 g/mol. The highest BCUT2D eigenvalue weighted by Gasteiger charge is 2.14. The number of aliphatic hydroxyl groups is 1. The van der Waals surface area contributed by atoms with Crippen LogP contribution in [-0.4, -0.2) is 42.2 Å². The third-order valence-electron chi connectivity index (χ3n) is 2.94. The molecule has 0 aliphatic heterocycles. The minimum atomic E-state index is -0.304. The number of ether oxygens (including phenoxy) is 1. The highest BCUT2D eigenvalue weighted by molar-refractivity contribution is 5.76. The molecule has 1 N–H and O–H groups in total. The molecule has 19 heavy (non-hydrogen) atoms. The van der Waals surface area contributed by atoms with Crippen molar-refractivity contribution in [1.29, 1.82) is 0 Å². The largest absolute Gasteiger partial charge is 0.494 e. The molecule has 0 aliphatic carbocycles. The first-order chi connectivity index (χ1) is 9.04. The number of hydrogen-bond acceptors (Lipinski definition) is 3. The first-order valence-electron chi connectivity index (χ1n) is 6.29. The zero-order valence-corrected chi connectivity index (χ0v) is 11.3. The summed E-state index contributed by atoms with van der Waals surface area (Å²) < 4.78 is 18.0. The Morgan fingerprint density at radius 1 is 1.42 bits per heavy atom. The van der Waals surface area contributed by atoms with Crippen molar-refractivity contribution in [3.8, 4) is 5.75 Å². The van der Waals surface area contributed by atoms with Crippen LogP contribution in [0.5, 0.6) is 5.75 Å². The standard InChI is InChI=1S/C14H20FNO3/c1-11(10-17)16(2)14(18)4-3-9-19-13-7-5-12(15)6-8-13/h5-8,11,17H,3-4,9-10H2,1-2H3. The van der Waals surface area contributed by atoms with Crippen LogP contribution in [0.25, 0.3) is 0 Å². The predicted molar refractivity (Wildman–Crippen MR) is 70.4 cm³/mol. The first-order valence-corrected chi connectivity index (χ1v) is 6.29. The van der Waals surface area contributed by atoms with Crippen LogP contribution in [0.3, 0.4) is 0 Å². The van der Waals surface area contributed by atoms with E-state index in [0.29, 0.717) is 25.2 Å². The maximum atomic E-state index is 12.7. The molecule has 0 bridgehead atoms. The second-order valence-electron chi connectivity index (χ2n) is 4.44. The Morgan fingerprint density at radius 2 is 2.05 bits per heavy atom. The number of aliphatic hydroxyl groups excluding tert-OH is 1. The molecule has 0 aliphatic rings. The van der Waals surface area contributed by atoms with E-state index in [4.69, 9.17) is 9.84 Å². The Kier molecular flexibility index (Phi) is 6.29. The summed E-state index contributed by atoms with van der Waals surface area (Å²) in [7, 11) is 1.67. The van der Waals surface area contributed by atoms with Gasteiger partial charge in [0.05, 0.1) is 19.3 Å². The smallest absolute Gasteiger partial charge is 0.222 e. The number of amides is 1. The number of carbonyl (C=O) groups excluding carboxylic acids is 1. The summed E-state index contributed by atoms with van der Waals surface area (Å²) in [6.07, 6.45) is 0.945. The van der Waals surface area contributed by atoms with Crippen LogP contribution in [0.15, 0.2) is 24.3 Å². The van der Waals surface area contributed by atoms with Crippen LogP contribution in [-0.2, 0) is 4.79 Å². The van der Waals surface area contributed by atoms with Gasteiger partial charge in [0.2, 0.25) is 5.91 Å². The summed E-state index contributed by atoms with van der Waals surface area (Å²) in [6, 6.07) is 5.59. The molecule has 1 amide bonds. The summed E-state index contributed by atoms with van der Waals surface area (Å²) in [6.45, 7) is 2.14. The van der Waals surface area contributed by atoms with E-state index < -0.39 is 0 Å². The maximum Gasteiger partial charge on any atom is 0.222 e. The summed E-state index contributed by atoms with van der Waals surface area (Å²) >= 11 is 0. The number of halogens is 1. The van der Waals surface area contributed by atoms with E-state index in [0.717, 1.165) is 0 Å². The van der Waals surface area contributed by atoms with Crippen molar-refractivity contribution in [3.63, 3.8) is 0 Å². The minimum Gasteiger partial charge on any atom is -0.494 e. The van der Waals surface area contributed by atoms with Gasteiger partial charge in [-0.05, 0) is 37.6 Å². The third kappa shape index (κ3) is 5.26. The van der Waals surface area contributed by atoms with Gasteiger partial charge in [-0.25, -0.2) is 4.39 Å². The molecule has 1 rings (SSSR count). The molecule has 0 saturated carbocycles. The van der Waals surface area contributed by atoms with Gasteiger partial charge < -0.3 is 14.7 Å². The fourth-order valence-corrected chi connectivity index (χ4v) is 1.49. The maximum absolute atomic E-state index is 12.7. The number of benzene rings is 1. The van der Waals surface area contributed by atoms with Gasteiger partial charge in [0, 0.05) is 13.5 Å². The van der Waals surface area contributed by atoms with Crippen LogP contribution in [0.4, 0.5) is 4.39 Å². The van der Waals surface area contributed by atoms with Crippen LogP contribution >= 0.6 is 0 Å². The van der Waals surface area contributed by atoms with Crippen LogP contribution < -0.4 is 4.74 Å². The third-order valence-corrected chi connectivity index (χ3v) is 2.94. The molecule has 1 unspecified atom stereocenters. The second-order valence-corrected chi connectivity index (χ2v) is 4.44. The van der Waals surface area contributed by atoms with E-state index in [-0.39, 0.29) is 24.4 Å². The Balaban J connectivity index is 2.23. The fourth-order valence-electron chi connectivity index (χ4n) is 1.49. The summed E-state index contributed by atoms with van der Waals surface area (Å²) in [5.41, 5.74) is 0. The van der Waals surface area contributed by atoms with E-state index in [9.17, 15) is 9.18 Å². The summed E-state index contributed by atoms with van der Waals surface area (Å²) in [5, 5.41) is 8.95. The second kappa shape index (κ2) is 7.74. The Hall–Kier alpha value is -1.62. The highest BCUT2D eigenvalue weighted by atomic mass is 19.1. The lowest BCUT2D eigenvalue weighted by Crippen LogP contribution is -2.37. The van der Waals surface area contributed by atoms with Gasteiger partial charge >= 0.3 is 0 Å². The van der Waals surface area contributed by atoms with Gasteiger partial charge in [0.15, 0.2) is 0 Å². The van der Waals surface area contributed by atoms with Crippen molar-refractivity contribution >= 4 is 5.91 Å². The Labute approximate surface area is 112 Å². The molecule has 1 aromatic carbocycles. The molecule has 106 valence electrons. The van der Waals surface area contributed by atoms with Gasteiger partial charge in [-0.2, -0.15) is 0 Å². The Bertz CT molecular complexity index is 394. The van der Waals surface area contributed by atoms with Gasteiger partial charge in [0.25, 0.3) is 0 Å². The molecule has 0 fully saturated rings. The highest BCUT2D eigenvalue weighted by Crippen LogP contribution is 2.11. The van der Waals surface area contributed by atoms with Crippen molar-refractivity contribution in [1.82, 2.24) is 4.90 Å². The average Bonchev–Trinajstić information content (AvgIpc) is 2.43. The average molecular weight is 269 g/mol. The molecule has 1 atom stereocenters. The van der Waals surface area contributed by atoms with E-state index in [1.807, 2.05) is 0 Å². The van der Waals surface area contributed by atoms with Crippen molar-refractivity contribution < 1.29 is 19.0 Å². The van der Waals surface area contributed by atoms with Crippen LogP contribution in [0, 0.1) is 5.82 Å². The molecule has 0 spiro atoms. The number of carbonyl (C=O) groups is 1. The minimum absolute atomic E-state index is 0.0238.